The van der Waals surface area contributed by atoms with Gasteiger partial charge in [0.1, 0.15) is 0 Å². The molecule has 5 heteroatoms. The third kappa shape index (κ3) is 5.23. The zero-order chi connectivity index (χ0) is 20.0. The van der Waals surface area contributed by atoms with Gasteiger partial charge in [-0.15, -0.1) is 0 Å². The van der Waals surface area contributed by atoms with Crippen LogP contribution in [0.1, 0.15) is 30.5 Å². The molecular formula is C22H30N2O3. The number of methoxy groups -OCH3 is 1. The van der Waals surface area contributed by atoms with Gasteiger partial charge in [-0.3, -0.25) is 9.69 Å². The summed E-state index contributed by atoms with van der Waals surface area (Å²) in [5.41, 5.74) is 4.08. The smallest absolute Gasteiger partial charge is 0.241 e. The van der Waals surface area contributed by atoms with Gasteiger partial charge < -0.3 is 14.8 Å². The molecule has 0 heterocycles. The minimum atomic E-state index is -0.276. The molecule has 0 unspecified atom stereocenters. The fraction of sp³-hybridized carbons (Fsp3) is 0.409. The van der Waals surface area contributed by atoms with E-state index in [2.05, 4.69) is 5.32 Å². The van der Waals surface area contributed by atoms with E-state index in [4.69, 9.17) is 9.47 Å². The minimum absolute atomic E-state index is 0.0206. The number of hydrogen-bond donors (Lipinski definition) is 1. The lowest BCUT2D eigenvalue weighted by Gasteiger charge is -2.25. The third-order valence-electron chi connectivity index (χ3n) is 4.73. The van der Waals surface area contributed by atoms with E-state index in [9.17, 15) is 4.79 Å². The highest BCUT2D eigenvalue weighted by Gasteiger charge is 2.20. The first-order valence-electron chi connectivity index (χ1n) is 9.24. The molecule has 0 aliphatic heterocycles. The van der Waals surface area contributed by atoms with Crippen molar-refractivity contribution in [3.63, 3.8) is 0 Å². The highest BCUT2D eigenvalue weighted by atomic mass is 16.5. The van der Waals surface area contributed by atoms with Crippen LogP contribution in [0.2, 0.25) is 0 Å². The largest absolute Gasteiger partial charge is 0.493 e. The van der Waals surface area contributed by atoms with Crippen molar-refractivity contribution < 1.29 is 14.3 Å². The van der Waals surface area contributed by atoms with Gasteiger partial charge in [0.05, 0.1) is 19.8 Å². The first kappa shape index (κ1) is 20.8. The number of nitrogens with one attached hydrogen (secondary N) is 1. The fourth-order valence-electron chi connectivity index (χ4n) is 2.95. The van der Waals surface area contributed by atoms with Crippen molar-refractivity contribution in [2.24, 2.45) is 0 Å². The quantitative estimate of drug-likeness (QED) is 0.758. The molecule has 146 valence electrons. The predicted molar refractivity (Wildman–Crippen MR) is 110 cm³/mol. The number of anilines is 1. The van der Waals surface area contributed by atoms with Crippen molar-refractivity contribution in [2.75, 3.05) is 26.1 Å². The van der Waals surface area contributed by atoms with E-state index >= 15 is 0 Å². The fourth-order valence-corrected chi connectivity index (χ4v) is 2.95. The van der Waals surface area contributed by atoms with Crippen LogP contribution in [0, 0.1) is 13.8 Å². The second kappa shape index (κ2) is 9.42. The lowest BCUT2D eigenvalue weighted by atomic mass is 10.1. The highest BCUT2D eigenvalue weighted by molar-refractivity contribution is 5.95. The second-order valence-corrected chi connectivity index (χ2v) is 6.77. The van der Waals surface area contributed by atoms with Crippen molar-refractivity contribution in [1.29, 1.82) is 0 Å². The lowest BCUT2D eigenvalue weighted by molar-refractivity contribution is -0.120. The van der Waals surface area contributed by atoms with Crippen LogP contribution in [0.3, 0.4) is 0 Å². The van der Waals surface area contributed by atoms with Crippen molar-refractivity contribution in [2.45, 2.75) is 40.3 Å². The summed E-state index contributed by atoms with van der Waals surface area (Å²) < 4.78 is 11.0. The van der Waals surface area contributed by atoms with E-state index in [0.29, 0.717) is 18.9 Å². The summed E-state index contributed by atoms with van der Waals surface area (Å²) in [4.78, 5) is 14.7. The van der Waals surface area contributed by atoms with Gasteiger partial charge in [-0.05, 0) is 63.6 Å². The molecule has 0 radical (unpaired) electrons. The third-order valence-corrected chi connectivity index (χ3v) is 4.73. The molecule has 0 bridgehead atoms. The van der Waals surface area contributed by atoms with Gasteiger partial charge in [-0.25, -0.2) is 0 Å². The molecule has 1 amide bonds. The van der Waals surface area contributed by atoms with E-state index in [-0.39, 0.29) is 11.9 Å². The van der Waals surface area contributed by atoms with Crippen LogP contribution in [-0.2, 0) is 11.3 Å². The van der Waals surface area contributed by atoms with Gasteiger partial charge in [-0.1, -0.05) is 24.3 Å². The lowest BCUT2D eigenvalue weighted by Crippen LogP contribution is -2.39. The van der Waals surface area contributed by atoms with E-state index in [1.54, 1.807) is 7.11 Å². The predicted octanol–water partition coefficient (Wildman–Crippen LogP) is 4.17. The Morgan fingerprint density at radius 1 is 1.15 bits per heavy atom. The summed E-state index contributed by atoms with van der Waals surface area (Å²) in [6.07, 6.45) is 0. The molecule has 0 aliphatic rings. The van der Waals surface area contributed by atoms with Crippen LogP contribution >= 0.6 is 0 Å². The molecule has 27 heavy (non-hydrogen) atoms. The normalized spacial score (nSPS) is 12.0. The minimum Gasteiger partial charge on any atom is -0.493 e. The maximum absolute atomic E-state index is 12.7. The molecule has 0 saturated heterocycles. The monoisotopic (exact) mass is 370 g/mol. The van der Waals surface area contributed by atoms with Crippen molar-refractivity contribution >= 4 is 11.6 Å². The van der Waals surface area contributed by atoms with Crippen LogP contribution in [-0.4, -0.2) is 37.6 Å². The van der Waals surface area contributed by atoms with E-state index < -0.39 is 0 Å². The second-order valence-electron chi connectivity index (χ2n) is 6.77. The Hall–Kier alpha value is -2.53. The number of para-hydroxylation sites is 1. The number of carbonyl (C=O) groups is 1. The first-order valence-corrected chi connectivity index (χ1v) is 9.24. The first-order chi connectivity index (χ1) is 12.9. The Labute approximate surface area is 162 Å². The van der Waals surface area contributed by atoms with Gasteiger partial charge in [0.25, 0.3) is 0 Å². The molecule has 5 nitrogen and oxygen atoms in total. The molecule has 1 N–H and O–H groups in total. The Kier molecular flexibility index (Phi) is 7.25. The number of ether oxygens (including phenoxy) is 2. The molecule has 0 aliphatic carbocycles. The maximum Gasteiger partial charge on any atom is 0.241 e. The van der Waals surface area contributed by atoms with E-state index in [1.165, 1.54) is 0 Å². The van der Waals surface area contributed by atoms with Crippen molar-refractivity contribution in [3.05, 3.63) is 53.1 Å². The van der Waals surface area contributed by atoms with Gasteiger partial charge in [0, 0.05) is 12.2 Å². The van der Waals surface area contributed by atoms with Gasteiger partial charge in [0.2, 0.25) is 5.91 Å². The number of amides is 1. The van der Waals surface area contributed by atoms with E-state index in [0.717, 1.165) is 28.1 Å². The zero-order valence-corrected chi connectivity index (χ0v) is 17.1. The zero-order valence-electron chi connectivity index (χ0n) is 17.1. The van der Waals surface area contributed by atoms with Crippen LogP contribution in [0.15, 0.2) is 36.4 Å². The Bertz CT molecular complexity index is 769. The Morgan fingerprint density at radius 3 is 2.41 bits per heavy atom. The van der Waals surface area contributed by atoms with Gasteiger partial charge >= 0.3 is 0 Å². The molecule has 0 saturated carbocycles. The number of nitrogens with zero attached hydrogens (tertiary/aromatic N) is 1. The molecule has 0 fully saturated rings. The average Bonchev–Trinajstić information content (AvgIpc) is 2.65. The Balaban J connectivity index is 2.06. The summed E-state index contributed by atoms with van der Waals surface area (Å²) >= 11 is 0. The number of hydrogen-bond acceptors (Lipinski definition) is 4. The molecule has 0 spiro atoms. The summed E-state index contributed by atoms with van der Waals surface area (Å²) in [5.74, 6) is 1.41. The number of aryl methyl sites for hydroxylation is 2. The number of rotatable bonds is 8. The summed E-state index contributed by atoms with van der Waals surface area (Å²) in [7, 11) is 3.57. The number of likely N-dealkylation sites (N-methyl/N-ethyl adjacent to an activating group) is 1. The standard InChI is InChI=1S/C22H30N2O3/c1-7-27-19-12-11-18(13-20(19)26-6)14-24(5)17(4)22(25)23-21-15(2)9-8-10-16(21)3/h8-13,17H,7,14H2,1-6H3,(H,23,25)/t17-/m1/s1. The van der Waals surface area contributed by atoms with Crippen LogP contribution in [0.25, 0.3) is 0 Å². The number of carbonyl (C=O) groups excluding carboxylic acids is 1. The molecule has 2 aromatic carbocycles. The Morgan fingerprint density at radius 2 is 1.81 bits per heavy atom. The molecular weight excluding hydrogens is 340 g/mol. The number of benzene rings is 2. The van der Waals surface area contributed by atoms with Crippen molar-refractivity contribution in [3.8, 4) is 11.5 Å². The SMILES string of the molecule is CCOc1ccc(CN(C)[C@H](C)C(=O)Nc2c(C)cccc2C)cc1OC. The highest BCUT2D eigenvalue weighted by Crippen LogP contribution is 2.28. The topological polar surface area (TPSA) is 50.8 Å². The average molecular weight is 370 g/mol. The van der Waals surface area contributed by atoms with Crippen LogP contribution < -0.4 is 14.8 Å². The summed E-state index contributed by atoms with van der Waals surface area (Å²) in [6, 6.07) is 11.6. The van der Waals surface area contributed by atoms with Gasteiger partial charge in [0.15, 0.2) is 11.5 Å². The molecule has 2 rings (SSSR count). The van der Waals surface area contributed by atoms with Gasteiger partial charge in [-0.2, -0.15) is 0 Å². The van der Waals surface area contributed by atoms with Crippen LogP contribution in [0.4, 0.5) is 5.69 Å². The molecule has 0 aromatic heterocycles. The molecule has 1 atom stereocenters. The maximum atomic E-state index is 12.7. The van der Waals surface area contributed by atoms with Crippen LogP contribution in [0.5, 0.6) is 11.5 Å². The summed E-state index contributed by atoms with van der Waals surface area (Å²) in [6.45, 7) is 9.08. The van der Waals surface area contributed by atoms with Crippen molar-refractivity contribution in [1.82, 2.24) is 4.90 Å². The molecule has 2 aromatic rings. The summed E-state index contributed by atoms with van der Waals surface area (Å²) in [5, 5.41) is 3.07. The van der Waals surface area contributed by atoms with E-state index in [1.807, 2.05) is 76.0 Å².